The molecule has 1 aromatic rings. The molecule has 1 unspecified atom stereocenters. The summed E-state index contributed by atoms with van der Waals surface area (Å²) in [4.78, 5) is 16.3. The van der Waals surface area contributed by atoms with Gasteiger partial charge in [0.25, 0.3) is 0 Å². The molecule has 1 saturated heterocycles. The molecule has 4 nitrogen and oxygen atoms in total. The van der Waals surface area contributed by atoms with Gasteiger partial charge >= 0.3 is 0 Å². The largest absolute Gasteiger partial charge is 0.348 e. The Labute approximate surface area is 128 Å². The van der Waals surface area contributed by atoms with Gasteiger partial charge in [0.05, 0.1) is 6.04 Å². The standard InChI is InChI=1S/C17H27N3O/c1-14(21)18-17(15-7-5-4-6-8-15)13-20(3)16-9-11-19(2)12-10-16/h4-8,16-17H,9-13H2,1-3H3,(H,18,21). The zero-order valence-electron chi connectivity index (χ0n) is 13.4. The van der Waals surface area contributed by atoms with Gasteiger partial charge in [-0.2, -0.15) is 0 Å². The molecule has 4 heteroatoms. The molecule has 1 atom stereocenters. The maximum Gasteiger partial charge on any atom is 0.217 e. The smallest absolute Gasteiger partial charge is 0.217 e. The van der Waals surface area contributed by atoms with Crippen LogP contribution in [0.4, 0.5) is 0 Å². The molecule has 1 aromatic carbocycles. The molecule has 1 amide bonds. The maximum absolute atomic E-state index is 11.5. The SMILES string of the molecule is CC(=O)NC(CN(C)C1CCN(C)CC1)c1ccccc1. The van der Waals surface area contributed by atoms with Crippen LogP contribution in [-0.4, -0.2) is 55.5 Å². The highest BCUT2D eigenvalue weighted by atomic mass is 16.1. The molecule has 21 heavy (non-hydrogen) atoms. The van der Waals surface area contributed by atoms with Crippen LogP contribution in [0.1, 0.15) is 31.4 Å². The van der Waals surface area contributed by atoms with Gasteiger partial charge in [-0.05, 0) is 45.6 Å². The Balaban J connectivity index is 1.99. The summed E-state index contributed by atoms with van der Waals surface area (Å²) in [5.74, 6) is 0.0284. The van der Waals surface area contributed by atoms with Crippen LogP contribution < -0.4 is 5.32 Å². The lowest BCUT2D eigenvalue weighted by molar-refractivity contribution is -0.119. The van der Waals surface area contributed by atoms with E-state index in [2.05, 4.69) is 41.3 Å². The van der Waals surface area contributed by atoms with Crippen molar-refractivity contribution in [1.29, 1.82) is 0 Å². The summed E-state index contributed by atoms with van der Waals surface area (Å²) in [5.41, 5.74) is 1.17. The van der Waals surface area contributed by atoms with Gasteiger partial charge in [-0.25, -0.2) is 0 Å². The van der Waals surface area contributed by atoms with Crippen molar-refractivity contribution in [2.24, 2.45) is 0 Å². The highest BCUT2D eigenvalue weighted by Gasteiger charge is 2.23. The number of carbonyl (C=O) groups is 1. The van der Waals surface area contributed by atoms with E-state index in [-0.39, 0.29) is 11.9 Å². The van der Waals surface area contributed by atoms with Crippen LogP contribution in [0.5, 0.6) is 0 Å². The average Bonchev–Trinajstić information content (AvgIpc) is 2.47. The Bertz CT molecular complexity index is 441. The molecule has 0 aliphatic carbocycles. The van der Waals surface area contributed by atoms with E-state index in [4.69, 9.17) is 0 Å². The molecule has 0 aromatic heterocycles. The first kappa shape index (κ1) is 16.0. The summed E-state index contributed by atoms with van der Waals surface area (Å²) in [6.07, 6.45) is 2.41. The fourth-order valence-corrected chi connectivity index (χ4v) is 3.04. The molecule has 1 aliphatic rings. The number of likely N-dealkylation sites (tertiary alicyclic amines) is 1. The van der Waals surface area contributed by atoms with Crippen LogP contribution in [0.25, 0.3) is 0 Å². The number of likely N-dealkylation sites (N-methyl/N-ethyl adjacent to an activating group) is 1. The summed E-state index contributed by atoms with van der Waals surface area (Å²) in [6, 6.07) is 10.9. The van der Waals surface area contributed by atoms with E-state index in [1.54, 1.807) is 6.92 Å². The lowest BCUT2D eigenvalue weighted by Gasteiger charge is -2.37. The minimum Gasteiger partial charge on any atom is -0.348 e. The first-order valence-electron chi connectivity index (χ1n) is 7.77. The fourth-order valence-electron chi connectivity index (χ4n) is 3.04. The Morgan fingerprint density at radius 2 is 1.95 bits per heavy atom. The molecule has 1 heterocycles. The second-order valence-corrected chi connectivity index (χ2v) is 6.14. The van der Waals surface area contributed by atoms with E-state index >= 15 is 0 Å². The predicted octanol–water partition coefficient (Wildman–Crippen LogP) is 1.89. The molecule has 1 N–H and O–H groups in total. The zero-order chi connectivity index (χ0) is 15.2. The third-order valence-corrected chi connectivity index (χ3v) is 4.36. The molecular formula is C17H27N3O. The van der Waals surface area contributed by atoms with E-state index in [0.29, 0.717) is 6.04 Å². The predicted molar refractivity (Wildman–Crippen MR) is 86.1 cm³/mol. The summed E-state index contributed by atoms with van der Waals surface area (Å²) in [6.45, 7) is 4.76. The minimum absolute atomic E-state index is 0.0284. The van der Waals surface area contributed by atoms with Crippen molar-refractivity contribution in [2.45, 2.75) is 31.8 Å². The molecule has 1 fully saturated rings. The van der Waals surface area contributed by atoms with Gasteiger partial charge in [-0.3, -0.25) is 4.79 Å². The number of piperidine rings is 1. The summed E-state index contributed by atoms with van der Waals surface area (Å²) < 4.78 is 0. The number of nitrogens with one attached hydrogen (secondary N) is 1. The number of hydrogen-bond donors (Lipinski definition) is 1. The quantitative estimate of drug-likeness (QED) is 0.899. The Morgan fingerprint density at radius 3 is 2.52 bits per heavy atom. The van der Waals surface area contributed by atoms with E-state index in [1.807, 2.05) is 18.2 Å². The summed E-state index contributed by atoms with van der Waals surface area (Å²) in [5, 5.41) is 3.08. The van der Waals surface area contributed by atoms with Gasteiger partial charge in [0.2, 0.25) is 5.91 Å². The summed E-state index contributed by atoms with van der Waals surface area (Å²) >= 11 is 0. The monoisotopic (exact) mass is 289 g/mol. The molecule has 0 bridgehead atoms. The second-order valence-electron chi connectivity index (χ2n) is 6.14. The van der Waals surface area contributed by atoms with Crippen molar-refractivity contribution >= 4 is 5.91 Å². The van der Waals surface area contributed by atoms with Crippen molar-refractivity contribution in [2.75, 3.05) is 33.7 Å². The van der Waals surface area contributed by atoms with Gasteiger partial charge < -0.3 is 15.1 Å². The molecule has 116 valence electrons. The van der Waals surface area contributed by atoms with Gasteiger partial charge in [0.1, 0.15) is 0 Å². The molecule has 0 radical (unpaired) electrons. The molecule has 0 spiro atoms. The highest BCUT2D eigenvalue weighted by Crippen LogP contribution is 2.19. The van der Waals surface area contributed by atoms with Crippen molar-refractivity contribution in [3.05, 3.63) is 35.9 Å². The third-order valence-electron chi connectivity index (χ3n) is 4.36. The van der Waals surface area contributed by atoms with Gasteiger partial charge in [-0.1, -0.05) is 30.3 Å². The minimum atomic E-state index is 0.0284. The van der Waals surface area contributed by atoms with Gasteiger partial charge in [0.15, 0.2) is 0 Å². The van der Waals surface area contributed by atoms with Crippen molar-refractivity contribution < 1.29 is 4.79 Å². The normalized spacial score (nSPS) is 18.7. The number of hydrogen-bond acceptors (Lipinski definition) is 3. The molecule has 0 saturated carbocycles. The highest BCUT2D eigenvalue weighted by molar-refractivity contribution is 5.73. The van der Waals surface area contributed by atoms with E-state index in [0.717, 1.165) is 19.6 Å². The zero-order valence-corrected chi connectivity index (χ0v) is 13.4. The van der Waals surface area contributed by atoms with Crippen molar-refractivity contribution in [3.63, 3.8) is 0 Å². The average molecular weight is 289 g/mol. The van der Waals surface area contributed by atoms with Crippen LogP contribution in [0.15, 0.2) is 30.3 Å². The van der Waals surface area contributed by atoms with Gasteiger partial charge in [0, 0.05) is 19.5 Å². The Kier molecular flexibility index (Phi) is 5.76. The van der Waals surface area contributed by atoms with Crippen LogP contribution in [0.2, 0.25) is 0 Å². The lowest BCUT2D eigenvalue weighted by Crippen LogP contribution is -2.45. The third kappa shape index (κ3) is 4.83. The van der Waals surface area contributed by atoms with Crippen molar-refractivity contribution in [1.82, 2.24) is 15.1 Å². The van der Waals surface area contributed by atoms with Crippen LogP contribution in [0, 0.1) is 0 Å². The second kappa shape index (κ2) is 7.57. The number of amides is 1. The van der Waals surface area contributed by atoms with E-state index in [1.165, 1.54) is 18.4 Å². The number of benzene rings is 1. The van der Waals surface area contributed by atoms with Gasteiger partial charge in [-0.15, -0.1) is 0 Å². The van der Waals surface area contributed by atoms with Crippen LogP contribution >= 0.6 is 0 Å². The number of rotatable bonds is 5. The number of carbonyl (C=O) groups excluding carboxylic acids is 1. The van der Waals surface area contributed by atoms with Crippen LogP contribution in [-0.2, 0) is 4.79 Å². The maximum atomic E-state index is 11.5. The molecule has 2 rings (SSSR count). The molecular weight excluding hydrogens is 262 g/mol. The first-order chi connectivity index (χ1) is 10.1. The molecule has 1 aliphatic heterocycles. The van der Waals surface area contributed by atoms with E-state index < -0.39 is 0 Å². The lowest BCUT2D eigenvalue weighted by atomic mass is 10.0. The van der Waals surface area contributed by atoms with Crippen molar-refractivity contribution in [3.8, 4) is 0 Å². The van der Waals surface area contributed by atoms with Crippen LogP contribution in [0.3, 0.4) is 0 Å². The Morgan fingerprint density at radius 1 is 1.33 bits per heavy atom. The summed E-state index contributed by atoms with van der Waals surface area (Å²) in [7, 11) is 4.36. The fraction of sp³-hybridized carbons (Fsp3) is 0.588. The number of nitrogens with zero attached hydrogens (tertiary/aromatic N) is 2. The topological polar surface area (TPSA) is 35.6 Å². The first-order valence-corrected chi connectivity index (χ1v) is 7.77. The van der Waals surface area contributed by atoms with E-state index in [9.17, 15) is 4.79 Å². The Hall–Kier alpha value is -1.39.